The maximum absolute atomic E-state index is 12.8. The Labute approximate surface area is 184 Å². The molecule has 2 amide bonds. The summed E-state index contributed by atoms with van der Waals surface area (Å²) in [6, 6.07) is 13.0. The van der Waals surface area contributed by atoms with E-state index in [-0.39, 0.29) is 18.6 Å². The summed E-state index contributed by atoms with van der Waals surface area (Å²) >= 11 is 6.61. The molecule has 4 rings (SSSR count). The fourth-order valence-corrected chi connectivity index (χ4v) is 4.43. The molecule has 2 heterocycles. The van der Waals surface area contributed by atoms with Crippen LogP contribution in [0, 0.1) is 0 Å². The fourth-order valence-electron chi connectivity index (χ4n) is 3.12. The van der Waals surface area contributed by atoms with Crippen molar-refractivity contribution in [3.63, 3.8) is 0 Å². The van der Waals surface area contributed by atoms with E-state index >= 15 is 0 Å². The maximum atomic E-state index is 12.8. The molecule has 0 bridgehead atoms. The van der Waals surface area contributed by atoms with Gasteiger partial charge in [0.25, 0.3) is 11.8 Å². The van der Waals surface area contributed by atoms with Crippen LogP contribution in [0.5, 0.6) is 11.5 Å². The van der Waals surface area contributed by atoms with Crippen LogP contribution in [0.2, 0.25) is 0 Å². The molecule has 0 unspecified atom stereocenters. The van der Waals surface area contributed by atoms with Crippen LogP contribution in [0.4, 0.5) is 0 Å². The Morgan fingerprint density at radius 1 is 1.20 bits per heavy atom. The molecular formula is C22H20N2O4S2. The number of fused-ring (bicyclic) bond motifs is 1. The van der Waals surface area contributed by atoms with Gasteiger partial charge in [-0.2, -0.15) is 0 Å². The summed E-state index contributed by atoms with van der Waals surface area (Å²) in [4.78, 5) is 27.1. The van der Waals surface area contributed by atoms with Crippen molar-refractivity contribution < 1.29 is 19.1 Å². The average molecular weight is 441 g/mol. The molecular weight excluding hydrogens is 420 g/mol. The predicted octanol–water partition coefficient (Wildman–Crippen LogP) is 3.61. The van der Waals surface area contributed by atoms with Gasteiger partial charge in [0.2, 0.25) is 6.79 Å². The van der Waals surface area contributed by atoms with Gasteiger partial charge in [-0.15, -0.1) is 0 Å². The molecule has 2 aromatic rings. The number of rotatable bonds is 6. The normalized spacial score (nSPS) is 16.4. The summed E-state index contributed by atoms with van der Waals surface area (Å²) in [6.07, 6.45) is 2.71. The molecule has 1 N–H and O–H groups in total. The number of benzene rings is 2. The second kappa shape index (κ2) is 8.89. The Hall–Kier alpha value is -2.84. The van der Waals surface area contributed by atoms with Gasteiger partial charge in [-0.05, 0) is 47.9 Å². The van der Waals surface area contributed by atoms with Gasteiger partial charge >= 0.3 is 0 Å². The Kier molecular flexibility index (Phi) is 6.06. The van der Waals surface area contributed by atoms with Crippen molar-refractivity contribution in [1.29, 1.82) is 0 Å². The quantitative estimate of drug-likeness (QED) is 0.547. The third-order valence-electron chi connectivity index (χ3n) is 4.81. The maximum Gasteiger partial charge on any atom is 0.266 e. The summed E-state index contributed by atoms with van der Waals surface area (Å²) in [5.74, 6) is 1.02. The van der Waals surface area contributed by atoms with E-state index in [0.29, 0.717) is 39.4 Å². The lowest BCUT2D eigenvalue weighted by atomic mass is 10.1. The number of ether oxygens (including phenoxy) is 2. The molecule has 0 radical (unpaired) electrons. The standard InChI is InChI=1S/C22H20N2O4S2/c1-2-14-3-6-16(7-4-14)20(25)23-9-10-24-21(26)19(30-22(24)29)12-15-5-8-17-18(11-15)28-13-27-17/h3-8,11-12H,2,9-10,13H2,1H3,(H,23,25)/b19-12+. The van der Waals surface area contributed by atoms with Gasteiger partial charge in [0.1, 0.15) is 4.32 Å². The van der Waals surface area contributed by atoms with Gasteiger partial charge in [-0.1, -0.05) is 49.1 Å². The van der Waals surface area contributed by atoms with Gasteiger partial charge < -0.3 is 14.8 Å². The zero-order valence-corrected chi connectivity index (χ0v) is 18.0. The highest BCUT2D eigenvalue weighted by atomic mass is 32.2. The smallest absolute Gasteiger partial charge is 0.266 e. The van der Waals surface area contributed by atoms with Crippen LogP contribution in [0.3, 0.4) is 0 Å². The number of thiocarbonyl (C=S) groups is 1. The first-order valence-electron chi connectivity index (χ1n) is 9.57. The lowest BCUT2D eigenvalue weighted by molar-refractivity contribution is -0.122. The number of amides is 2. The Morgan fingerprint density at radius 2 is 1.97 bits per heavy atom. The monoisotopic (exact) mass is 440 g/mol. The lowest BCUT2D eigenvalue weighted by Gasteiger charge is -2.15. The highest BCUT2D eigenvalue weighted by molar-refractivity contribution is 8.26. The highest BCUT2D eigenvalue weighted by Crippen LogP contribution is 2.36. The van der Waals surface area contributed by atoms with Gasteiger partial charge in [-0.25, -0.2) is 0 Å². The largest absolute Gasteiger partial charge is 0.454 e. The second-order valence-electron chi connectivity index (χ2n) is 6.75. The van der Waals surface area contributed by atoms with Gasteiger partial charge in [0, 0.05) is 18.7 Å². The van der Waals surface area contributed by atoms with E-state index in [1.807, 2.05) is 42.5 Å². The van der Waals surface area contributed by atoms with E-state index in [1.54, 1.807) is 6.08 Å². The molecule has 6 nitrogen and oxygen atoms in total. The zero-order valence-electron chi connectivity index (χ0n) is 16.3. The number of nitrogens with one attached hydrogen (secondary N) is 1. The zero-order chi connectivity index (χ0) is 21.1. The molecule has 0 atom stereocenters. The molecule has 8 heteroatoms. The molecule has 154 valence electrons. The van der Waals surface area contributed by atoms with E-state index in [1.165, 1.54) is 22.2 Å². The minimum Gasteiger partial charge on any atom is -0.454 e. The second-order valence-corrected chi connectivity index (χ2v) is 8.43. The first-order chi connectivity index (χ1) is 14.5. The van der Waals surface area contributed by atoms with E-state index < -0.39 is 0 Å². The van der Waals surface area contributed by atoms with Gasteiger partial charge in [0.05, 0.1) is 4.91 Å². The number of aryl methyl sites for hydroxylation is 1. The Morgan fingerprint density at radius 3 is 2.73 bits per heavy atom. The fraction of sp³-hybridized carbons (Fsp3) is 0.227. The lowest BCUT2D eigenvalue weighted by Crippen LogP contribution is -2.37. The highest BCUT2D eigenvalue weighted by Gasteiger charge is 2.31. The number of hydrogen-bond donors (Lipinski definition) is 1. The van der Waals surface area contributed by atoms with Crippen molar-refractivity contribution in [2.75, 3.05) is 19.9 Å². The molecule has 2 aliphatic heterocycles. The number of carbonyl (C=O) groups is 2. The minimum absolute atomic E-state index is 0.163. The van der Waals surface area contributed by atoms with Crippen molar-refractivity contribution in [1.82, 2.24) is 10.2 Å². The summed E-state index contributed by atoms with van der Waals surface area (Å²) in [7, 11) is 0. The van der Waals surface area contributed by atoms with Crippen molar-refractivity contribution in [2.24, 2.45) is 0 Å². The average Bonchev–Trinajstić information content (AvgIpc) is 3.33. The molecule has 0 aromatic heterocycles. The molecule has 2 aliphatic rings. The van der Waals surface area contributed by atoms with Crippen LogP contribution >= 0.6 is 24.0 Å². The van der Waals surface area contributed by atoms with Crippen LogP contribution in [0.25, 0.3) is 6.08 Å². The van der Waals surface area contributed by atoms with Crippen molar-refractivity contribution >= 4 is 46.2 Å². The molecule has 0 aliphatic carbocycles. The summed E-state index contributed by atoms with van der Waals surface area (Å²) in [6.45, 7) is 2.91. The van der Waals surface area contributed by atoms with Gasteiger partial charge in [-0.3, -0.25) is 14.5 Å². The number of carbonyl (C=O) groups excluding carboxylic acids is 2. The summed E-state index contributed by atoms with van der Waals surface area (Å²) < 4.78 is 11.2. The van der Waals surface area contributed by atoms with Crippen LogP contribution in [-0.4, -0.2) is 40.9 Å². The van der Waals surface area contributed by atoms with E-state index in [9.17, 15) is 9.59 Å². The SMILES string of the molecule is CCc1ccc(C(=O)NCCN2C(=O)/C(=C\c3ccc4c(c3)OCO4)SC2=S)cc1. The molecule has 0 spiro atoms. The number of thioether (sulfide) groups is 1. The summed E-state index contributed by atoms with van der Waals surface area (Å²) in [5.41, 5.74) is 2.61. The number of nitrogens with zero attached hydrogens (tertiary/aromatic N) is 1. The van der Waals surface area contributed by atoms with Crippen LogP contribution in [-0.2, 0) is 11.2 Å². The van der Waals surface area contributed by atoms with E-state index in [0.717, 1.165) is 12.0 Å². The minimum atomic E-state index is -0.168. The molecule has 0 saturated carbocycles. The molecule has 1 saturated heterocycles. The van der Waals surface area contributed by atoms with E-state index in [4.69, 9.17) is 21.7 Å². The third-order valence-corrected chi connectivity index (χ3v) is 6.19. The summed E-state index contributed by atoms with van der Waals surface area (Å²) in [5, 5.41) is 2.85. The molecule has 30 heavy (non-hydrogen) atoms. The van der Waals surface area contributed by atoms with Crippen LogP contribution in [0.15, 0.2) is 47.4 Å². The first-order valence-corrected chi connectivity index (χ1v) is 10.8. The number of hydrogen-bond acceptors (Lipinski definition) is 6. The Bertz CT molecular complexity index is 1030. The topological polar surface area (TPSA) is 67.9 Å². The Balaban J connectivity index is 1.35. The van der Waals surface area contributed by atoms with Crippen molar-refractivity contribution in [2.45, 2.75) is 13.3 Å². The van der Waals surface area contributed by atoms with Crippen molar-refractivity contribution in [3.05, 3.63) is 64.1 Å². The molecule has 2 aromatic carbocycles. The predicted molar refractivity (Wildman–Crippen MR) is 121 cm³/mol. The third kappa shape index (κ3) is 4.34. The first kappa shape index (κ1) is 20.4. The molecule has 1 fully saturated rings. The van der Waals surface area contributed by atoms with E-state index in [2.05, 4.69) is 12.2 Å². The van der Waals surface area contributed by atoms with Crippen LogP contribution in [0.1, 0.15) is 28.4 Å². The van der Waals surface area contributed by atoms with Gasteiger partial charge in [0.15, 0.2) is 11.5 Å². The van der Waals surface area contributed by atoms with Crippen LogP contribution < -0.4 is 14.8 Å². The van der Waals surface area contributed by atoms with Crippen molar-refractivity contribution in [3.8, 4) is 11.5 Å².